The molecule has 1 aromatic carbocycles. The molecule has 1 amide bonds. The predicted molar refractivity (Wildman–Crippen MR) is 126 cm³/mol. The summed E-state index contributed by atoms with van der Waals surface area (Å²) in [5, 5.41) is 4.64. The number of hydrogen-bond donors (Lipinski definition) is 1. The first-order valence-corrected chi connectivity index (χ1v) is 11.9. The number of nitrogens with zero attached hydrogens (tertiary/aromatic N) is 4. The largest absolute Gasteiger partial charge is 0.379 e. The first-order valence-electron chi connectivity index (χ1n) is 11.0. The van der Waals surface area contributed by atoms with Gasteiger partial charge in [0.1, 0.15) is 10.9 Å². The van der Waals surface area contributed by atoms with Crippen LogP contribution in [0, 0.1) is 5.92 Å². The van der Waals surface area contributed by atoms with Gasteiger partial charge in [-0.2, -0.15) is 0 Å². The lowest BCUT2D eigenvalue weighted by molar-refractivity contribution is -0.121. The van der Waals surface area contributed by atoms with Crippen molar-refractivity contribution in [3.05, 3.63) is 60.2 Å². The molecule has 1 atom stereocenters. The molecule has 0 saturated carbocycles. The van der Waals surface area contributed by atoms with E-state index in [9.17, 15) is 4.79 Å². The normalized spacial score (nSPS) is 15.7. The van der Waals surface area contributed by atoms with Gasteiger partial charge >= 0.3 is 0 Å². The Morgan fingerprint density at radius 1 is 1.16 bits per heavy atom. The van der Waals surface area contributed by atoms with Crippen LogP contribution in [0.25, 0.3) is 10.9 Å². The van der Waals surface area contributed by atoms with Crippen molar-refractivity contribution in [2.45, 2.75) is 37.2 Å². The lowest BCUT2D eigenvalue weighted by Gasteiger charge is -2.26. The Bertz CT molecular complexity index is 1040. The number of hydrogen-bond acceptors (Lipinski definition) is 7. The molecule has 1 N–H and O–H groups in total. The Kier molecular flexibility index (Phi) is 7.68. The molecule has 3 aromatic rings. The van der Waals surface area contributed by atoms with Crippen LogP contribution >= 0.6 is 11.8 Å². The summed E-state index contributed by atoms with van der Waals surface area (Å²) in [5.41, 5.74) is 1.89. The number of thioether (sulfide) groups is 1. The van der Waals surface area contributed by atoms with Crippen molar-refractivity contribution in [1.82, 2.24) is 25.2 Å². The zero-order valence-corrected chi connectivity index (χ0v) is 19.3. The molecule has 1 unspecified atom stereocenters. The van der Waals surface area contributed by atoms with Crippen LogP contribution in [0.1, 0.15) is 25.2 Å². The molecule has 8 heteroatoms. The first-order chi connectivity index (χ1) is 15.6. The van der Waals surface area contributed by atoms with Crippen molar-refractivity contribution in [2.24, 2.45) is 5.92 Å². The van der Waals surface area contributed by atoms with Gasteiger partial charge in [0.15, 0.2) is 0 Å². The van der Waals surface area contributed by atoms with Gasteiger partial charge < -0.3 is 10.1 Å². The minimum absolute atomic E-state index is 0.00581. The SMILES string of the molecule is CC(C)C(Sc1nc(CN2CCOCC2)nc2ccccc12)C(=O)NCc1cccnc1. The fourth-order valence-electron chi connectivity index (χ4n) is 3.62. The second-order valence-corrected chi connectivity index (χ2v) is 9.34. The van der Waals surface area contributed by atoms with Gasteiger partial charge in [0.2, 0.25) is 5.91 Å². The van der Waals surface area contributed by atoms with Gasteiger partial charge in [-0.1, -0.05) is 49.9 Å². The fraction of sp³-hybridized carbons (Fsp3) is 0.417. The number of para-hydroxylation sites is 1. The zero-order valence-electron chi connectivity index (χ0n) is 18.5. The van der Waals surface area contributed by atoms with Crippen LogP contribution in [0.3, 0.4) is 0 Å². The highest BCUT2D eigenvalue weighted by molar-refractivity contribution is 8.00. The van der Waals surface area contributed by atoms with Crippen LogP contribution in [0.2, 0.25) is 0 Å². The molecule has 1 aliphatic rings. The third-order valence-electron chi connectivity index (χ3n) is 5.38. The third kappa shape index (κ3) is 5.82. The van der Waals surface area contributed by atoms with Crippen molar-refractivity contribution in [3.8, 4) is 0 Å². The summed E-state index contributed by atoms with van der Waals surface area (Å²) < 4.78 is 5.46. The summed E-state index contributed by atoms with van der Waals surface area (Å²) in [7, 11) is 0. The maximum Gasteiger partial charge on any atom is 0.234 e. The molecular weight excluding hydrogens is 422 g/mol. The Morgan fingerprint density at radius 3 is 2.72 bits per heavy atom. The van der Waals surface area contributed by atoms with Crippen LogP contribution in [0.15, 0.2) is 53.8 Å². The van der Waals surface area contributed by atoms with Crippen LogP contribution in [-0.2, 0) is 22.6 Å². The summed E-state index contributed by atoms with van der Waals surface area (Å²) in [6.45, 7) is 8.51. The zero-order chi connectivity index (χ0) is 22.3. The molecule has 0 aliphatic carbocycles. The summed E-state index contributed by atoms with van der Waals surface area (Å²) >= 11 is 1.52. The second-order valence-electron chi connectivity index (χ2n) is 8.21. The summed E-state index contributed by atoms with van der Waals surface area (Å²) in [4.78, 5) is 29.2. The summed E-state index contributed by atoms with van der Waals surface area (Å²) in [6, 6.07) is 11.9. The van der Waals surface area contributed by atoms with Crippen molar-refractivity contribution in [1.29, 1.82) is 0 Å². The standard InChI is InChI=1S/C24H29N5O2S/c1-17(2)22(23(30)26-15-18-6-5-9-25-14-18)32-24-19-7-3-4-8-20(19)27-21(28-24)16-29-10-12-31-13-11-29/h3-9,14,17,22H,10-13,15-16H2,1-2H3,(H,26,30). The lowest BCUT2D eigenvalue weighted by Crippen LogP contribution is -2.36. The summed E-state index contributed by atoms with van der Waals surface area (Å²) in [6.07, 6.45) is 3.50. The number of carbonyl (C=O) groups excluding carboxylic acids is 1. The molecule has 1 fully saturated rings. The number of benzene rings is 1. The lowest BCUT2D eigenvalue weighted by atomic mass is 10.1. The summed E-state index contributed by atoms with van der Waals surface area (Å²) in [5.74, 6) is 0.933. The number of ether oxygens (including phenoxy) is 1. The highest BCUT2D eigenvalue weighted by atomic mass is 32.2. The first kappa shape index (κ1) is 22.6. The van der Waals surface area contributed by atoms with Crippen LogP contribution in [0.5, 0.6) is 0 Å². The minimum Gasteiger partial charge on any atom is -0.379 e. The quantitative estimate of drug-likeness (QED) is 0.416. The number of fused-ring (bicyclic) bond motifs is 1. The van der Waals surface area contributed by atoms with Crippen molar-refractivity contribution in [2.75, 3.05) is 26.3 Å². The van der Waals surface area contributed by atoms with Crippen molar-refractivity contribution in [3.63, 3.8) is 0 Å². The van der Waals surface area contributed by atoms with Gasteiger partial charge in [0.05, 0.1) is 30.5 Å². The van der Waals surface area contributed by atoms with E-state index in [0.717, 1.165) is 53.6 Å². The maximum atomic E-state index is 13.1. The number of morpholine rings is 1. The molecule has 2 aromatic heterocycles. The van der Waals surface area contributed by atoms with Gasteiger partial charge in [-0.05, 0) is 23.6 Å². The number of carbonyl (C=O) groups is 1. The number of nitrogens with one attached hydrogen (secondary N) is 1. The van der Waals surface area contributed by atoms with Crippen LogP contribution < -0.4 is 5.32 Å². The van der Waals surface area contributed by atoms with E-state index in [1.807, 2.05) is 36.4 Å². The van der Waals surface area contributed by atoms with E-state index >= 15 is 0 Å². The minimum atomic E-state index is -0.263. The van der Waals surface area contributed by atoms with E-state index < -0.39 is 0 Å². The van der Waals surface area contributed by atoms with E-state index in [4.69, 9.17) is 14.7 Å². The average molecular weight is 452 g/mol. The van der Waals surface area contributed by atoms with E-state index in [1.165, 1.54) is 11.8 Å². The molecule has 3 heterocycles. The Balaban J connectivity index is 1.54. The van der Waals surface area contributed by atoms with E-state index in [1.54, 1.807) is 12.4 Å². The molecule has 168 valence electrons. The molecule has 7 nitrogen and oxygen atoms in total. The fourth-order valence-corrected chi connectivity index (χ4v) is 4.78. The highest BCUT2D eigenvalue weighted by Crippen LogP contribution is 2.32. The van der Waals surface area contributed by atoms with Crippen molar-refractivity contribution < 1.29 is 9.53 Å². The topological polar surface area (TPSA) is 80.2 Å². The van der Waals surface area contributed by atoms with E-state index in [0.29, 0.717) is 13.1 Å². The smallest absolute Gasteiger partial charge is 0.234 e. The monoisotopic (exact) mass is 451 g/mol. The molecule has 0 radical (unpaired) electrons. The van der Waals surface area contributed by atoms with Gasteiger partial charge in [0, 0.05) is 37.4 Å². The van der Waals surface area contributed by atoms with Gasteiger partial charge in [0.25, 0.3) is 0 Å². The highest BCUT2D eigenvalue weighted by Gasteiger charge is 2.25. The molecule has 0 spiro atoms. The molecule has 1 saturated heterocycles. The Morgan fingerprint density at radius 2 is 1.97 bits per heavy atom. The molecule has 32 heavy (non-hydrogen) atoms. The molecule has 0 bridgehead atoms. The average Bonchev–Trinajstić information content (AvgIpc) is 2.82. The molecule has 4 rings (SSSR count). The van der Waals surface area contributed by atoms with Crippen molar-refractivity contribution >= 4 is 28.6 Å². The van der Waals surface area contributed by atoms with Gasteiger partial charge in [-0.25, -0.2) is 9.97 Å². The predicted octanol–water partition coefficient (Wildman–Crippen LogP) is 3.29. The van der Waals surface area contributed by atoms with Crippen LogP contribution in [0.4, 0.5) is 0 Å². The number of amides is 1. The Hall–Kier alpha value is -2.55. The Labute approximate surface area is 193 Å². The van der Waals surface area contributed by atoms with E-state index in [2.05, 4.69) is 29.0 Å². The second kappa shape index (κ2) is 10.8. The molecular formula is C24H29N5O2S. The number of pyridine rings is 1. The van der Waals surface area contributed by atoms with Gasteiger partial charge in [-0.3, -0.25) is 14.7 Å². The maximum absolute atomic E-state index is 13.1. The number of aromatic nitrogens is 3. The molecule has 1 aliphatic heterocycles. The van der Waals surface area contributed by atoms with E-state index in [-0.39, 0.29) is 17.1 Å². The van der Waals surface area contributed by atoms with Gasteiger partial charge in [-0.15, -0.1) is 0 Å². The third-order valence-corrected chi connectivity index (χ3v) is 6.92. The van der Waals surface area contributed by atoms with Crippen LogP contribution in [-0.4, -0.2) is 57.3 Å². The number of rotatable bonds is 8.